The smallest absolute Gasteiger partial charge is 0.323 e. The molecule has 100 valence electrons. The van der Waals surface area contributed by atoms with Crippen molar-refractivity contribution in [2.45, 2.75) is 71.9 Å². The average molecular weight is 241 g/mol. The van der Waals surface area contributed by atoms with Crippen molar-refractivity contribution < 1.29 is 9.53 Å². The third-order valence-electron chi connectivity index (χ3n) is 3.60. The van der Waals surface area contributed by atoms with Gasteiger partial charge in [0.1, 0.15) is 12.1 Å². The molecule has 0 aromatic heterocycles. The lowest BCUT2D eigenvalue weighted by molar-refractivity contribution is -0.153. The molecule has 0 spiro atoms. The predicted molar refractivity (Wildman–Crippen MR) is 69.6 cm³/mol. The molecule has 1 rings (SSSR count). The van der Waals surface area contributed by atoms with Gasteiger partial charge >= 0.3 is 5.97 Å². The van der Waals surface area contributed by atoms with Gasteiger partial charge in [0.2, 0.25) is 0 Å². The van der Waals surface area contributed by atoms with Crippen molar-refractivity contribution in [1.29, 1.82) is 0 Å². The first kappa shape index (κ1) is 14.5. The van der Waals surface area contributed by atoms with E-state index >= 15 is 0 Å². The molecule has 0 heterocycles. The van der Waals surface area contributed by atoms with Gasteiger partial charge in [0.05, 0.1) is 0 Å². The van der Waals surface area contributed by atoms with Crippen LogP contribution >= 0.6 is 0 Å². The highest BCUT2D eigenvalue weighted by atomic mass is 16.5. The normalized spacial score (nSPS) is 22.5. The largest absolute Gasteiger partial charge is 0.461 e. The number of nitrogens with two attached hydrogens (primary N) is 1. The minimum Gasteiger partial charge on any atom is -0.461 e. The summed E-state index contributed by atoms with van der Waals surface area (Å²) in [6, 6.07) is -0.454. The van der Waals surface area contributed by atoms with Crippen molar-refractivity contribution in [3.05, 3.63) is 0 Å². The first-order valence-electron chi connectivity index (χ1n) is 6.76. The monoisotopic (exact) mass is 241 g/mol. The Balaban J connectivity index is 2.32. The fourth-order valence-electron chi connectivity index (χ4n) is 2.35. The molecule has 3 nitrogen and oxygen atoms in total. The van der Waals surface area contributed by atoms with Gasteiger partial charge in [-0.3, -0.25) is 4.79 Å². The maximum Gasteiger partial charge on any atom is 0.323 e. The van der Waals surface area contributed by atoms with Gasteiger partial charge in [0.25, 0.3) is 0 Å². The lowest BCUT2D eigenvalue weighted by atomic mass is 9.76. The van der Waals surface area contributed by atoms with Gasteiger partial charge in [0, 0.05) is 0 Å². The molecule has 1 atom stereocenters. The van der Waals surface area contributed by atoms with Crippen LogP contribution in [0.4, 0.5) is 0 Å². The van der Waals surface area contributed by atoms with Crippen molar-refractivity contribution >= 4 is 5.97 Å². The molecule has 1 aliphatic carbocycles. The van der Waals surface area contributed by atoms with Crippen molar-refractivity contribution in [3.63, 3.8) is 0 Å². The van der Waals surface area contributed by atoms with Crippen LogP contribution in [0.25, 0.3) is 0 Å². The van der Waals surface area contributed by atoms with E-state index in [0.717, 1.165) is 25.7 Å². The zero-order valence-electron chi connectivity index (χ0n) is 11.7. The van der Waals surface area contributed by atoms with Crippen LogP contribution in [0.15, 0.2) is 0 Å². The molecule has 0 unspecified atom stereocenters. The first-order valence-corrected chi connectivity index (χ1v) is 6.76. The molecule has 0 radical (unpaired) electrons. The standard InChI is InChI=1S/C14H27NO2/c1-10(2)9-12(15)13(16)17-11-5-7-14(3,4)8-6-11/h10-12H,5-9,15H2,1-4H3/t12-/m0/s1. The molecule has 17 heavy (non-hydrogen) atoms. The number of hydrogen-bond donors (Lipinski definition) is 1. The summed E-state index contributed by atoms with van der Waals surface area (Å²) in [5.41, 5.74) is 6.22. The van der Waals surface area contributed by atoms with Crippen molar-refractivity contribution in [1.82, 2.24) is 0 Å². The number of carbonyl (C=O) groups excluding carboxylic acids is 1. The van der Waals surface area contributed by atoms with E-state index in [-0.39, 0.29) is 12.1 Å². The Hall–Kier alpha value is -0.570. The van der Waals surface area contributed by atoms with Gasteiger partial charge in [-0.2, -0.15) is 0 Å². The number of rotatable bonds is 4. The summed E-state index contributed by atoms with van der Waals surface area (Å²) in [6.07, 6.45) is 5.01. The SMILES string of the molecule is CC(C)C[C@H](N)C(=O)OC1CCC(C)(C)CC1. The highest BCUT2D eigenvalue weighted by Gasteiger charge is 2.29. The van der Waals surface area contributed by atoms with Gasteiger partial charge in [-0.25, -0.2) is 0 Å². The summed E-state index contributed by atoms with van der Waals surface area (Å²) in [5, 5.41) is 0. The number of hydrogen-bond acceptors (Lipinski definition) is 3. The minimum absolute atomic E-state index is 0.0914. The van der Waals surface area contributed by atoms with Crippen LogP contribution in [0.5, 0.6) is 0 Å². The van der Waals surface area contributed by atoms with Crippen molar-refractivity contribution in [2.75, 3.05) is 0 Å². The number of ether oxygens (including phenoxy) is 1. The molecule has 1 fully saturated rings. The summed E-state index contributed by atoms with van der Waals surface area (Å²) in [7, 11) is 0. The van der Waals surface area contributed by atoms with E-state index in [4.69, 9.17) is 10.5 Å². The van der Waals surface area contributed by atoms with Crippen LogP contribution in [0.1, 0.15) is 59.8 Å². The predicted octanol–water partition coefficient (Wildman–Crippen LogP) is 2.87. The van der Waals surface area contributed by atoms with E-state index in [1.54, 1.807) is 0 Å². The highest BCUT2D eigenvalue weighted by Crippen LogP contribution is 2.36. The van der Waals surface area contributed by atoms with E-state index in [1.807, 2.05) is 0 Å². The molecule has 0 aromatic rings. The van der Waals surface area contributed by atoms with Crippen LogP contribution in [-0.2, 0) is 9.53 Å². The summed E-state index contributed by atoms with van der Waals surface area (Å²) in [5.74, 6) is 0.214. The Morgan fingerprint density at radius 3 is 2.35 bits per heavy atom. The maximum atomic E-state index is 11.8. The second-order valence-corrected chi connectivity index (χ2v) is 6.54. The van der Waals surface area contributed by atoms with Gasteiger partial charge in [-0.15, -0.1) is 0 Å². The van der Waals surface area contributed by atoms with Gasteiger partial charge in [-0.1, -0.05) is 27.7 Å². The maximum absolute atomic E-state index is 11.8. The van der Waals surface area contributed by atoms with Crippen molar-refractivity contribution in [3.8, 4) is 0 Å². The summed E-state index contributed by atoms with van der Waals surface area (Å²) >= 11 is 0. The van der Waals surface area contributed by atoms with E-state index in [1.165, 1.54) is 0 Å². The second kappa shape index (κ2) is 5.85. The summed E-state index contributed by atoms with van der Waals surface area (Å²) in [4.78, 5) is 11.8. The number of esters is 1. The lowest BCUT2D eigenvalue weighted by Gasteiger charge is -2.34. The summed E-state index contributed by atoms with van der Waals surface area (Å²) < 4.78 is 5.48. The number of carbonyl (C=O) groups is 1. The Labute approximate surface area is 105 Å². The third kappa shape index (κ3) is 5.07. The van der Waals surface area contributed by atoms with Gasteiger partial charge in [-0.05, 0) is 43.4 Å². The van der Waals surface area contributed by atoms with Crippen LogP contribution in [0, 0.1) is 11.3 Å². The zero-order valence-corrected chi connectivity index (χ0v) is 11.7. The second-order valence-electron chi connectivity index (χ2n) is 6.54. The Bertz CT molecular complexity index is 251. The molecule has 3 heteroatoms. The van der Waals surface area contributed by atoms with E-state index in [0.29, 0.717) is 17.8 Å². The molecule has 0 amide bonds. The van der Waals surface area contributed by atoms with E-state index in [2.05, 4.69) is 27.7 Å². The Morgan fingerprint density at radius 1 is 1.35 bits per heavy atom. The van der Waals surface area contributed by atoms with Crippen LogP contribution in [0.3, 0.4) is 0 Å². The molecular weight excluding hydrogens is 214 g/mol. The van der Waals surface area contributed by atoms with Crippen molar-refractivity contribution in [2.24, 2.45) is 17.1 Å². The Kier molecular flexibility index (Phi) is 4.99. The molecule has 0 aliphatic heterocycles. The van der Waals surface area contributed by atoms with Crippen LogP contribution < -0.4 is 5.73 Å². The third-order valence-corrected chi connectivity index (χ3v) is 3.60. The highest BCUT2D eigenvalue weighted by molar-refractivity contribution is 5.75. The molecule has 1 saturated carbocycles. The molecule has 2 N–H and O–H groups in total. The van der Waals surface area contributed by atoms with Crippen LogP contribution in [-0.4, -0.2) is 18.1 Å². The molecule has 1 aliphatic rings. The minimum atomic E-state index is -0.454. The summed E-state index contributed by atoms with van der Waals surface area (Å²) in [6.45, 7) is 8.68. The molecule has 0 saturated heterocycles. The average Bonchev–Trinajstić information content (AvgIpc) is 2.20. The quantitative estimate of drug-likeness (QED) is 0.770. The molecule has 0 aromatic carbocycles. The fraction of sp³-hybridized carbons (Fsp3) is 0.929. The molecule has 0 bridgehead atoms. The van der Waals surface area contributed by atoms with Crippen LogP contribution in [0.2, 0.25) is 0 Å². The first-order chi connectivity index (χ1) is 7.80. The Morgan fingerprint density at radius 2 is 1.88 bits per heavy atom. The fourth-order valence-corrected chi connectivity index (χ4v) is 2.35. The lowest BCUT2D eigenvalue weighted by Crippen LogP contribution is -2.37. The van der Waals surface area contributed by atoms with Gasteiger partial charge < -0.3 is 10.5 Å². The van der Waals surface area contributed by atoms with E-state index < -0.39 is 6.04 Å². The van der Waals surface area contributed by atoms with Gasteiger partial charge in [0.15, 0.2) is 0 Å². The zero-order chi connectivity index (χ0) is 13.1. The topological polar surface area (TPSA) is 52.3 Å². The molecular formula is C14H27NO2. The van der Waals surface area contributed by atoms with E-state index in [9.17, 15) is 4.79 Å².